The average molecular weight is 391 g/mol. The van der Waals surface area contributed by atoms with E-state index in [9.17, 15) is 4.79 Å². The minimum absolute atomic E-state index is 0.0133. The Bertz CT molecular complexity index is 1060. The number of carbonyl (C=O) groups is 1. The summed E-state index contributed by atoms with van der Waals surface area (Å²) in [5, 5.41) is 6.98. The van der Waals surface area contributed by atoms with E-state index in [-0.39, 0.29) is 12.3 Å². The third-order valence-electron chi connectivity index (χ3n) is 4.44. The molecule has 2 aromatic carbocycles. The molecule has 0 aliphatic carbocycles. The molecule has 2 aromatic heterocycles. The highest BCUT2D eigenvalue weighted by molar-refractivity contribution is 7.09. The van der Waals surface area contributed by atoms with Gasteiger partial charge in [0.05, 0.1) is 12.1 Å². The number of ether oxygens (including phenoxy) is 1. The van der Waals surface area contributed by atoms with Gasteiger partial charge in [0, 0.05) is 29.0 Å². The van der Waals surface area contributed by atoms with Crippen molar-refractivity contribution < 1.29 is 9.53 Å². The molecule has 0 atom stereocenters. The Hall–Kier alpha value is -3.12. The van der Waals surface area contributed by atoms with Gasteiger partial charge in [-0.05, 0) is 30.2 Å². The molecule has 4 aromatic rings. The summed E-state index contributed by atoms with van der Waals surface area (Å²) in [4.78, 5) is 20.0. The number of nitrogens with zero attached hydrogens (tertiary/aromatic N) is 1. The molecule has 5 nitrogen and oxygen atoms in total. The van der Waals surface area contributed by atoms with Crippen molar-refractivity contribution in [3.8, 4) is 5.75 Å². The predicted molar refractivity (Wildman–Crippen MR) is 112 cm³/mol. The first kappa shape index (κ1) is 18.3. The quantitative estimate of drug-likeness (QED) is 0.475. The molecule has 0 bridgehead atoms. The van der Waals surface area contributed by atoms with Crippen molar-refractivity contribution in [2.75, 3.05) is 6.54 Å². The van der Waals surface area contributed by atoms with E-state index in [2.05, 4.69) is 27.4 Å². The van der Waals surface area contributed by atoms with Gasteiger partial charge in [0.15, 0.2) is 0 Å². The van der Waals surface area contributed by atoms with Gasteiger partial charge in [0.25, 0.3) is 0 Å². The fourth-order valence-electron chi connectivity index (χ4n) is 3.06. The van der Waals surface area contributed by atoms with E-state index in [0.717, 1.165) is 28.4 Å². The smallest absolute Gasteiger partial charge is 0.226 e. The molecule has 0 saturated heterocycles. The molecule has 4 rings (SSSR count). The minimum atomic E-state index is -0.0133. The second kappa shape index (κ2) is 8.71. The van der Waals surface area contributed by atoms with Gasteiger partial charge in [-0.2, -0.15) is 0 Å². The summed E-state index contributed by atoms with van der Waals surface area (Å²) in [6, 6.07) is 17.8. The Kier molecular flexibility index (Phi) is 5.68. The van der Waals surface area contributed by atoms with Crippen LogP contribution in [0.1, 0.15) is 16.3 Å². The standard InChI is InChI=1S/C22H21N3O2S/c26-21(23-11-10-16-13-24-20-9-5-4-8-19(16)20)12-17-15-28-22(25-17)14-27-18-6-2-1-3-7-18/h1-9,13,15,24H,10-12,14H2,(H,23,26). The third-order valence-corrected chi connectivity index (χ3v) is 5.31. The zero-order chi connectivity index (χ0) is 19.2. The SMILES string of the molecule is O=C(Cc1csc(COc2ccccc2)n1)NCCc1c[nH]c2ccccc12. The van der Waals surface area contributed by atoms with Gasteiger partial charge in [0.2, 0.25) is 5.91 Å². The summed E-state index contributed by atoms with van der Waals surface area (Å²) in [7, 11) is 0. The number of thiazole rings is 1. The largest absolute Gasteiger partial charge is 0.486 e. The number of fused-ring (bicyclic) bond motifs is 1. The van der Waals surface area contributed by atoms with Gasteiger partial charge in [-0.1, -0.05) is 36.4 Å². The van der Waals surface area contributed by atoms with Crippen molar-refractivity contribution in [2.45, 2.75) is 19.4 Å². The molecule has 2 heterocycles. The van der Waals surface area contributed by atoms with Crippen molar-refractivity contribution in [3.63, 3.8) is 0 Å². The molecule has 2 N–H and O–H groups in total. The van der Waals surface area contributed by atoms with E-state index in [1.807, 2.05) is 54.0 Å². The van der Waals surface area contributed by atoms with E-state index >= 15 is 0 Å². The van der Waals surface area contributed by atoms with Crippen LogP contribution in [0.5, 0.6) is 5.75 Å². The lowest BCUT2D eigenvalue weighted by Gasteiger charge is -2.04. The molecule has 0 fully saturated rings. The van der Waals surface area contributed by atoms with Crippen LogP contribution < -0.4 is 10.1 Å². The average Bonchev–Trinajstić information content (AvgIpc) is 3.34. The Morgan fingerprint density at radius 3 is 2.82 bits per heavy atom. The monoisotopic (exact) mass is 391 g/mol. The van der Waals surface area contributed by atoms with Crippen molar-refractivity contribution >= 4 is 28.1 Å². The molecule has 6 heteroatoms. The van der Waals surface area contributed by atoms with E-state index in [4.69, 9.17) is 4.74 Å². The van der Waals surface area contributed by atoms with Crippen LogP contribution in [0, 0.1) is 0 Å². The topological polar surface area (TPSA) is 67.0 Å². The highest BCUT2D eigenvalue weighted by Crippen LogP contribution is 2.18. The van der Waals surface area contributed by atoms with Crippen molar-refractivity contribution in [3.05, 3.63) is 82.4 Å². The number of benzene rings is 2. The van der Waals surface area contributed by atoms with Crippen molar-refractivity contribution in [1.82, 2.24) is 15.3 Å². The molecule has 28 heavy (non-hydrogen) atoms. The van der Waals surface area contributed by atoms with Crippen LogP contribution in [-0.2, 0) is 24.2 Å². The molecule has 142 valence electrons. The number of carbonyl (C=O) groups excluding carboxylic acids is 1. The summed E-state index contributed by atoms with van der Waals surface area (Å²) in [5.74, 6) is 0.801. The second-order valence-electron chi connectivity index (χ2n) is 6.47. The van der Waals surface area contributed by atoms with Crippen LogP contribution >= 0.6 is 11.3 Å². The van der Waals surface area contributed by atoms with Gasteiger partial charge >= 0.3 is 0 Å². The van der Waals surface area contributed by atoms with Crippen LogP contribution in [0.3, 0.4) is 0 Å². The summed E-state index contributed by atoms with van der Waals surface area (Å²) >= 11 is 1.51. The molecular formula is C22H21N3O2S. The lowest BCUT2D eigenvalue weighted by Crippen LogP contribution is -2.27. The summed E-state index contributed by atoms with van der Waals surface area (Å²) < 4.78 is 5.70. The predicted octanol–water partition coefficient (Wildman–Crippen LogP) is 4.10. The number of H-pyrrole nitrogens is 1. The molecular weight excluding hydrogens is 370 g/mol. The van der Waals surface area contributed by atoms with Crippen LogP contribution in [0.15, 0.2) is 66.2 Å². The van der Waals surface area contributed by atoms with Gasteiger partial charge in [0.1, 0.15) is 17.4 Å². The number of hydrogen-bond acceptors (Lipinski definition) is 4. The first-order chi connectivity index (χ1) is 13.8. The van der Waals surface area contributed by atoms with E-state index < -0.39 is 0 Å². The Morgan fingerprint density at radius 1 is 1.11 bits per heavy atom. The lowest BCUT2D eigenvalue weighted by atomic mass is 10.1. The Morgan fingerprint density at radius 2 is 1.93 bits per heavy atom. The molecule has 0 aliphatic rings. The molecule has 1 amide bonds. The second-order valence-corrected chi connectivity index (χ2v) is 7.41. The Balaban J connectivity index is 1.23. The van der Waals surface area contributed by atoms with Crippen molar-refractivity contribution in [1.29, 1.82) is 0 Å². The molecule has 0 aliphatic heterocycles. The highest BCUT2D eigenvalue weighted by atomic mass is 32.1. The number of rotatable bonds is 8. The fraction of sp³-hybridized carbons (Fsp3) is 0.182. The van der Waals surface area contributed by atoms with E-state index in [1.54, 1.807) is 0 Å². The maximum atomic E-state index is 12.2. The third kappa shape index (κ3) is 4.58. The molecule has 0 spiro atoms. The summed E-state index contributed by atoms with van der Waals surface area (Å²) in [6.45, 7) is 1.02. The number of aromatic amines is 1. The van der Waals surface area contributed by atoms with Gasteiger partial charge in [-0.3, -0.25) is 4.79 Å². The summed E-state index contributed by atoms with van der Waals surface area (Å²) in [5.41, 5.74) is 3.11. The minimum Gasteiger partial charge on any atom is -0.486 e. The van der Waals surface area contributed by atoms with Crippen LogP contribution in [0.2, 0.25) is 0 Å². The number of nitrogens with one attached hydrogen (secondary N) is 2. The Labute approximate surface area is 167 Å². The number of hydrogen-bond donors (Lipinski definition) is 2. The van der Waals surface area contributed by atoms with Crippen LogP contribution in [0.4, 0.5) is 0 Å². The van der Waals surface area contributed by atoms with Crippen LogP contribution in [0.25, 0.3) is 10.9 Å². The zero-order valence-electron chi connectivity index (χ0n) is 15.4. The normalized spacial score (nSPS) is 10.9. The number of amides is 1. The van der Waals surface area contributed by atoms with Crippen molar-refractivity contribution in [2.24, 2.45) is 0 Å². The van der Waals surface area contributed by atoms with Crippen LogP contribution in [-0.4, -0.2) is 22.4 Å². The molecule has 0 unspecified atom stereocenters. The van der Waals surface area contributed by atoms with Gasteiger partial charge < -0.3 is 15.0 Å². The van der Waals surface area contributed by atoms with E-state index in [1.165, 1.54) is 22.3 Å². The summed E-state index contributed by atoms with van der Waals surface area (Å²) in [6.07, 6.45) is 3.09. The fourth-order valence-corrected chi connectivity index (χ4v) is 3.77. The molecule has 0 radical (unpaired) electrons. The van der Waals surface area contributed by atoms with Gasteiger partial charge in [-0.15, -0.1) is 11.3 Å². The zero-order valence-corrected chi connectivity index (χ0v) is 16.2. The van der Waals surface area contributed by atoms with E-state index in [0.29, 0.717) is 13.2 Å². The first-order valence-corrected chi connectivity index (χ1v) is 10.1. The number of para-hydroxylation sites is 2. The maximum Gasteiger partial charge on any atom is 0.226 e. The lowest BCUT2D eigenvalue weighted by molar-refractivity contribution is -0.120. The maximum absolute atomic E-state index is 12.2. The number of aromatic nitrogens is 2. The first-order valence-electron chi connectivity index (χ1n) is 9.21. The van der Waals surface area contributed by atoms with Gasteiger partial charge in [-0.25, -0.2) is 4.98 Å². The molecule has 0 saturated carbocycles. The highest BCUT2D eigenvalue weighted by Gasteiger charge is 2.09.